The van der Waals surface area contributed by atoms with Crippen molar-refractivity contribution in [3.8, 4) is 0 Å². The average Bonchev–Trinajstić information content (AvgIpc) is 2.84. The second-order valence-corrected chi connectivity index (χ2v) is 9.78. The zero-order chi connectivity index (χ0) is 31.0. The van der Waals surface area contributed by atoms with Crippen molar-refractivity contribution in [1.82, 2.24) is 10.6 Å². The minimum atomic E-state index is -0.979. The van der Waals surface area contributed by atoms with Crippen molar-refractivity contribution in [1.29, 1.82) is 0 Å². The van der Waals surface area contributed by atoms with Crippen LogP contribution < -0.4 is 33.2 Å². The Bertz CT molecular complexity index is 1020. The lowest BCUT2D eigenvalue weighted by Crippen LogP contribution is -2.56. The summed E-state index contributed by atoms with van der Waals surface area (Å²) in [7, 11) is 0. The van der Waals surface area contributed by atoms with Gasteiger partial charge in [0.1, 0.15) is 12.1 Å². The van der Waals surface area contributed by atoms with Crippen molar-refractivity contribution in [2.75, 3.05) is 11.9 Å². The number of nitrogens with zero attached hydrogens (tertiary/aromatic N) is 2. The molecule has 15 nitrogen and oxygen atoms in total. The Hall–Kier alpha value is -4.27. The first kappa shape index (κ1) is 35.7. The first-order valence-corrected chi connectivity index (χ1v) is 12.7. The molecule has 1 unspecified atom stereocenters. The molecule has 0 aliphatic rings. The van der Waals surface area contributed by atoms with E-state index in [1.165, 1.54) is 24.3 Å². The van der Waals surface area contributed by atoms with E-state index in [0.29, 0.717) is 18.5 Å². The van der Waals surface area contributed by atoms with Crippen LogP contribution in [0.25, 0.3) is 0 Å². The molecule has 0 bridgehead atoms. The number of nitro groups is 1. The zero-order valence-electron chi connectivity index (χ0n) is 23.5. The molecule has 0 fully saturated rings. The largest absolute Gasteiger partial charge is 0.481 e. The molecular formula is C25H42N8O7. The summed E-state index contributed by atoms with van der Waals surface area (Å²) in [6.07, 6.45) is 0.929. The van der Waals surface area contributed by atoms with E-state index >= 15 is 0 Å². The molecular weight excluding hydrogens is 524 g/mol. The fourth-order valence-corrected chi connectivity index (χ4v) is 3.21. The van der Waals surface area contributed by atoms with Crippen molar-refractivity contribution in [2.24, 2.45) is 34.0 Å². The number of aliphatic imine (C=N–C) groups is 1. The van der Waals surface area contributed by atoms with Gasteiger partial charge in [0.2, 0.25) is 17.7 Å². The fourth-order valence-electron chi connectivity index (χ4n) is 3.21. The maximum Gasteiger partial charge on any atom is 0.300 e. The highest BCUT2D eigenvalue weighted by Gasteiger charge is 2.29. The van der Waals surface area contributed by atoms with Gasteiger partial charge in [-0.25, -0.2) is 0 Å². The monoisotopic (exact) mass is 566 g/mol. The summed E-state index contributed by atoms with van der Waals surface area (Å²) in [6, 6.07) is 2.64. The first-order valence-electron chi connectivity index (χ1n) is 12.7. The number of rotatable bonds is 14. The number of benzene rings is 1. The van der Waals surface area contributed by atoms with Gasteiger partial charge in [-0.1, -0.05) is 27.7 Å². The third-order valence-electron chi connectivity index (χ3n) is 5.29. The lowest BCUT2D eigenvalue weighted by atomic mass is 10.00. The topological polar surface area (TPSA) is 258 Å². The number of nitro benzene ring substituents is 1. The number of anilines is 1. The minimum Gasteiger partial charge on any atom is -0.481 e. The Balaban J connectivity index is 0.00000354. The van der Waals surface area contributed by atoms with Crippen LogP contribution in [-0.4, -0.2) is 64.4 Å². The van der Waals surface area contributed by atoms with Crippen LogP contribution in [0, 0.1) is 22.0 Å². The van der Waals surface area contributed by atoms with Crippen molar-refractivity contribution in [3.05, 3.63) is 34.4 Å². The standard InChI is InChI=1S/C23H38N8O5.C2H4O2/c1-13(2)12-18(30-22(34)19(24)14(3)4)21(33)29-17(6-5-11-27-23(25)26)20(32)28-15-7-9-16(10-8-15)31(35)36;1-2(3)4/h7-10,13-14,17-19H,5-6,11-12,24H2,1-4H3,(H,28,32)(H,29,33)(H,30,34)(H4,25,26,27);1H3,(H,3,4)/t17-,18-,19?;/m0./s1. The predicted octanol–water partition coefficient (Wildman–Crippen LogP) is 0.677. The molecule has 0 aromatic heterocycles. The van der Waals surface area contributed by atoms with Crippen molar-refractivity contribution in [2.45, 2.75) is 72.0 Å². The predicted molar refractivity (Wildman–Crippen MR) is 151 cm³/mol. The molecule has 0 heterocycles. The molecule has 1 rings (SSSR count). The van der Waals surface area contributed by atoms with E-state index < -0.39 is 46.7 Å². The number of carbonyl (C=O) groups excluding carboxylic acids is 3. The van der Waals surface area contributed by atoms with Gasteiger partial charge in [0.25, 0.3) is 11.7 Å². The summed E-state index contributed by atoms with van der Waals surface area (Å²) >= 11 is 0. The molecule has 0 aliphatic carbocycles. The van der Waals surface area contributed by atoms with Crippen LogP contribution in [-0.2, 0) is 19.2 Å². The van der Waals surface area contributed by atoms with Crippen molar-refractivity contribution in [3.63, 3.8) is 0 Å². The Morgan fingerprint density at radius 2 is 1.50 bits per heavy atom. The molecule has 0 saturated heterocycles. The highest BCUT2D eigenvalue weighted by Crippen LogP contribution is 2.16. The van der Waals surface area contributed by atoms with Crippen LogP contribution >= 0.6 is 0 Å². The van der Waals surface area contributed by atoms with Gasteiger partial charge >= 0.3 is 0 Å². The molecule has 0 aliphatic heterocycles. The molecule has 3 atom stereocenters. The number of aliphatic carboxylic acids is 1. The molecule has 1 aromatic rings. The highest BCUT2D eigenvalue weighted by atomic mass is 16.6. The third kappa shape index (κ3) is 15.2. The number of carboxylic acid groups (broad SMARTS) is 1. The summed E-state index contributed by atoms with van der Waals surface area (Å²) in [5.74, 6) is -2.49. The molecule has 0 spiro atoms. The van der Waals surface area contributed by atoms with E-state index in [1.807, 2.05) is 13.8 Å². The first-order chi connectivity index (χ1) is 18.5. The summed E-state index contributed by atoms with van der Waals surface area (Å²) < 4.78 is 0. The maximum atomic E-state index is 13.1. The quantitative estimate of drug-likeness (QED) is 0.0544. The van der Waals surface area contributed by atoms with E-state index in [2.05, 4.69) is 20.9 Å². The average molecular weight is 567 g/mol. The third-order valence-corrected chi connectivity index (χ3v) is 5.29. The molecule has 40 heavy (non-hydrogen) atoms. The number of guanidine groups is 1. The van der Waals surface area contributed by atoms with E-state index in [4.69, 9.17) is 27.1 Å². The normalized spacial score (nSPS) is 12.7. The van der Waals surface area contributed by atoms with Gasteiger partial charge in [0, 0.05) is 31.3 Å². The molecule has 0 saturated carbocycles. The smallest absolute Gasteiger partial charge is 0.300 e. The fraction of sp³-hybridized carbons (Fsp3) is 0.560. The van der Waals surface area contributed by atoms with Crippen LogP contribution in [0.5, 0.6) is 0 Å². The number of hydrogen-bond acceptors (Lipinski definition) is 8. The lowest BCUT2D eigenvalue weighted by Gasteiger charge is -2.26. The molecule has 1 aromatic carbocycles. The van der Waals surface area contributed by atoms with Gasteiger partial charge in [-0.05, 0) is 43.2 Å². The Morgan fingerprint density at radius 1 is 0.975 bits per heavy atom. The van der Waals surface area contributed by atoms with Crippen LogP contribution in [0.3, 0.4) is 0 Å². The number of carbonyl (C=O) groups is 4. The number of hydrogen-bond donors (Lipinski definition) is 7. The molecule has 224 valence electrons. The molecule has 10 N–H and O–H groups in total. The number of nitrogens with two attached hydrogens (primary N) is 3. The second kappa shape index (κ2) is 18.1. The summed E-state index contributed by atoms with van der Waals surface area (Å²) in [5.41, 5.74) is 16.8. The van der Waals surface area contributed by atoms with E-state index in [-0.39, 0.29) is 36.4 Å². The second-order valence-electron chi connectivity index (χ2n) is 9.78. The van der Waals surface area contributed by atoms with E-state index in [9.17, 15) is 24.5 Å². The van der Waals surface area contributed by atoms with Gasteiger partial charge in [0.05, 0.1) is 11.0 Å². The molecule has 0 radical (unpaired) electrons. The van der Waals surface area contributed by atoms with Crippen LogP contribution in [0.15, 0.2) is 29.3 Å². The van der Waals surface area contributed by atoms with Crippen LogP contribution in [0.2, 0.25) is 0 Å². The number of amides is 3. The zero-order valence-corrected chi connectivity index (χ0v) is 23.5. The summed E-state index contributed by atoms with van der Waals surface area (Å²) in [5, 5.41) is 26.3. The molecule has 3 amide bonds. The van der Waals surface area contributed by atoms with Gasteiger partial charge in [-0.2, -0.15) is 0 Å². The van der Waals surface area contributed by atoms with E-state index in [0.717, 1.165) is 6.92 Å². The Labute approximate surface area is 233 Å². The van der Waals surface area contributed by atoms with Crippen LogP contribution in [0.1, 0.15) is 53.9 Å². The Kier molecular flexibility index (Phi) is 16.2. The van der Waals surface area contributed by atoms with Gasteiger partial charge in [-0.15, -0.1) is 0 Å². The van der Waals surface area contributed by atoms with Gasteiger partial charge in [0.15, 0.2) is 5.96 Å². The Morgan fingerprint density at radius 3 is 1.95 bits per heavy atom. The SMILES string of the molecule is CC(=O)O.CC(C)C[C@H](NC(=O)C(N)C(C)C)C(=O)N[C@@H](CCCN=C(N)N)C(=O)Nc1ccc([N+](=O)[O-])cc1. The van der Waals surface area contributed by atoms with Crippen molar-refractivity contribution < 1.29 is 29.2 Å². The maximum absolute atomic E-state index is 13.1. The van der Waals surface area contributed by atoms with Crippen molar-refractivity contribution >= 4 is 41.0 Å². The number of nitrogens with one attached hydrogen (secondary N) is 3. The van der Waals surface area contributed by atoms with Gasteiger partial charge in [-0.3, -0.25) is 34.3 Å². The highest BCUT2D eigenvalue weighted by molar-refractivity contribution is 5.98. The van der Waals surface area contributed by atoms with E-state index in [1.54, 1.807) is 13.8 Å². The number of non-ortho nitro benzene ring substituents is 1. The lowest BCUT2D eigenvalue weighted by molar-refractivity contribution is -0.384. The number of carboxylic acids is 1. The van der Waals surface area contributed by atoms with Gasteiger partial charge < -0.3 is 38.3 Å². The minimum absolute atomic E-state index is 0.0746. The summed E-state index contributed by atoms with van der Waals surface area (Å²) in [4.78, 5) is 61.9. The van der Waals surface area contributed by atoms with Crippen LogP contribution in [0.4, 0.5) is 11.4 Å². The molecule has 15 heteroatoms. The summed E-state index contributed by atoms with van der Waals surface area (Å²) in [6.45, 7) is 8.74.